The number of fused-ring (bicyclic) bond motifs is 1. The number of pyridine rings is 1. The van der Waals surface area contributed by atoms with Crippen LogP contribution in [-0.4, -0.2) is 9.38 Å². The third kappa shape index (κ3) is 1.17. The lowest BCUT2D eigenvalue weighted by Crippen LogP contribution is -1.91. The summed E-state index contributed by atoms with van der Waals surface area (Å²) in [6, 6.07) is 4.09. The zero-order chi connectivity index (χ0) is 8.72. The average Bonchev–Trinajstić information content (AvgIpc) is 2.42. The fourth-order valence-electron chi connectivity index (χ4n) is 1.16. The Kier molecular flexibility index (Phi) is 2.12. The third-order valence-corrected chi connectivity index (χ3v) is 3.14. The van der Waals surface area contributed by atoms with Gasteiger partial charge in [0.1, 0.15) is 9.35 Å². The average molecular weight is 337 g/mol. The molecule has 0 amide bonds. The van der Waals surface area contributed by atoms with Gasteiger partial charge in [-0.25, -0.2) is 4.98 Å². The zero-order valence-electron chi connectivity index (χ0n) is 6.38. The van der Waals surface area contributed by atoms with Crippen LogP contribution < -0.4 is 0 Å². The van der Waals surface area contributed by atoms with Crippen molar-refractivity contribution in [2.45, 2.75) is 6.92 Å². The van der Waals surface area contributed by atoms with Gasteiger partial charge in [-0.05, 0) is 57.1 Å². The summed E-state index contributed by atoms with van der Waals surface area (Å²) in [5, 5.41) is 0. The van der Waals surface area contributed by atoms with Gasteiger partial charge in [-0.3, -0.25) is 4.40 Å². The summed E-state index contributed by atoms with van der Waals surface area (Å²) in [6.45, 7) is 2.06. The summed E-state index contributed by atoms with van der Waals surface area (Å²) >= 11 is 5.75. The lowest BCUT2D eigenvalue weighted by atomic mass is 10.3. The maximum absolute atomic E-state index is 4.30. The van der Waals surface area contributed by atoms with Crippen LogP contribution in [0.4, 0.5) is 0 Å². The van der Waals surface area contributed by atoms with Gasteiger partial charge < -0.3 is 0 Å². The van der Waals surface area contributed by atoms with Crippen molar-refractivity contribution in [3.63, 3.8) is 0 Å². The molecule has 2 aromatic heterocycles. The van der Waals surface area contributed by atoms with E-state index in [1.165, 1.54) is 5.56 Å². The Morgan fingerprint density at radius 1 is 1.50 bits per heavy atom. The Bertz CT molecular complexity index is 436. The van der Waals surface area contributed by atoms with E-state index < -0.39 is 0 Å². The highest BCUT2D eigenvalue weighted by Gasteiger charge is 2.04. The lowest BCUT2D eigenvalue weighted by molar-refractivity contribution is 1.09. The smallest absolute Gasteiger partial charge is 0.141 e. The summed E-state index contributed by atoms with van der Waals surface area (Å²) in [5.41, 5.74) is 2.22. The number of halogens is 2. The molecular formula is C8H6BrIN2. The van der Waals surface area contributed by atoms with Crippen molar-refractivity contribution in [2.24, 2.45) is 0 Å². The van der Waals surface area contributed by atoms with E-state index in [0.717, 1.165) is 14.0 Å². The number of nitrogens with zero attached hydrogens (tertiary/aromatic N) is 2. The molecule has 2 aromatic rings. The minimum Gasteiger partial charge on any atom is -0.281 e. The van der Waals surface area contributed by atoms with Gasteiger partial charge in [-0.1, -0.05) is 6.07 Å². The topological polar surface area (TPSA) is 17.3 Å². The van der Waals surface area contributed by atoms with Crippen molar-refractivity contribution in [3.8, 4) is 0 Å². The number of aromatic nitrogens is 2. The third-order valence-electron chi connectivity index (χ3n) is 1.76. The van der Waals surface area contributed by atoms with Crippen LogP contribution in [0, 0.1) is 10.6 Å². The standard InChI is InChI=1S/C8H6BrIN2/c1-5-2-3-6(9)12-7(10)4-11-8(5)12/h2-4H,1H3. The van der Waals surface area contributed by atoms with E-state index in [2.05, 4.69) is 60.9 Å². The Morgan fingerprint density at radius 3 is 2.92 bits per heavy atom. The second kappa shape index (κ2) is 2.99. The Labute approximate surface area is 92.3 Å². The molecule has 62 valence electrons. The maximum atomic E-state index is 4.30. The quantitative estimate of drug-likeness (QED) is 0.534. The molecule has 2 rings (SSSR count). The minimum atomic E-state index is 1.02. The number of hydrogen-bond acceptors (Lipinski definition) is 1. The van der Waals surface area contributed by atoms with E-state index in [1.54, 1.807) is 0 Å². The molecule has 4 heteroatoms. The highest BCUT2D eigenvalue weighted by molar-refractivity contribution is 14.1. The summed E-state index contributed by atoms with van der Waals surface area (Å²) < 4.78 is 4.25. The van der Waals surface area contributed by atoms with Crippen molar-refractivity contribution in [1.29, 1.82) is 0 Å². The van der Waals surface area contributed by atoms with Crippen molar-refractivity contribution >= 4 is 44.2 Å². The van der Waals surface area contributed by atoms with Gasteiger partial charge in [0.05, 0.1) is 10.8 Å². The molecule has 0 aliphatic carbocycles. The van der Waals surface area contributed by atoms with Crippen LogP contribution in [0.2, 0.25) is 0 Å². The van der Waals surface area contributed by atoms with E-state index in [4.69, 9.17) is 0 Å². The van der Waals surface area contributed by atoms with Gasteiger partial charge in [-0.15, -0.1) is 0 Å². The first-order chi connectivity index (χ1) is 5.70. The maximum Gasteiger partial charge on any atom is 0.141 e. The first-order valence-corrected chi connectivity index (χ1v) is 5.35. The van der Waals surface area contributed by atoms with Crippen LogP contribution in [0.5, 0.6) is 0 Å². The minimum absolute atomic E-state index is 1.02. The Hall–Kier alpha value is -0.100. The molecular weight excluding hydrogens is 331 g/mol. The van der Waals surface area contributed by atoms with Crippen molar-refractivity contribution in [1.82, 2.24) is 9.38 Å². The van der Waals surface area contributed by atoms with Crippen LogP contribution in [0.1, 0.15) is 5.56 Å². The van der Waals surface area contributed by atoms with Gasteiger partial charge in [-0.2, -0.15) is 0 Å². The van der Waals surface area contributed by atoms with Crippen LogP contribution in [0.15, 0.2) is 22.9 Å². The predicted octanol–water partition coefficient (Wildman–Crippen LogP) is 3.01. The van der Waals surface area contributed by atoms with E-state index in [1.807, 2.05) is 12.3 Å². The second-order valence-electron chi connectivity index (χ2n) is 2.58. The largest absolute Gasteiger partial charge is 0.281 e. The molecule has 0 radical (unpaired) electrons. The molecule has 0 saturated heterocycles. The Morgan fingerprint density at radius 2 is 2.25 bits per heavy atom. The molecule has 0 aromatic carbocycles. The molecule has 12 heavy (non-hydrogen) atoms. The lowest BCUT2D eigenvalue weighted by Gasteiger charge is -2.01. The molecule has 2 heterocycles. The van der Waals surface area contributed by atoms with Crippen LogP contribution in [0.3, 0.4) is 0 Å². The molecule has 0 saturated carbocycles. The van der Waals surface area contributed by atoms with Gasteiger partial charge in [0, 0.05) is 0 Å². The predicted molar refractivity (Wildman–Crippen MR) is 60.3 cm³/mol. The molecule has 0 aliphatic heterocycles. The molecule has 0 N–H and O–H groups in total. The monoisotopic (exact) mass is 336 g/mol. The van der Waals surface area contributed by atoms with Gasteiger partial charge >= 0.3 is 0 Å². The van der Waals surface area contributed by atoms with Crippen molar-refractivity contribution < 1.29 is 0 Å². The van der Waals surface area contributed by atoms with Crippen molar-refractivity contribution in [2.75, 3.05) is 0 Å². The van der Waals surface area contributed by atoms with Crippen LogP contribution in [0.25, 0.3) is 5.65 Å². The SMILES string of the molecule is Cc1ccc(Br)n2c(I)cnc12. The van der Waals surface area contributed by atoms with Crippen LogP contribution in [-0.2, 0) is 0 Å². The first kappa shape index (κ1) is 8.50. The molecule has 0 unspecified atom stereocenters. The van der Waals surface area contributed by atoms with E-state index in [0.29, 0.717) is 0 Å². The van der Waals surface area contributed by atoms with Gasteiger partial charge in [0.25, 0.3) is 0 Å². The molecule has 0 fully saturated rings. The number of imidazole rings is 1. The van der Waals surface area contributed by atoms with Crippen LogP contribution >= 0.6 is 38.5 Å². The number of rotatable bonds is 0. The summed E-state index contributed by atoms with van der Waals surface area (Å²) in [6.07, 6.45) is 1.87. The Balaban J connectivity index is 2.98. The fourth-order valence-corrected chi connectivity index (χ4v) is 2.61. The van der Waals surface area contributed by atoms with Crippen molar-refractivity contribution in [3.05, 3.63) is 32.2 Å². The molecule has 0 atom stereocenters. The van der Waals surface area contributed by atoms with E-state index in [-0.39, 0.29) is 0 Å². The van der Waals surface area contributed by atoms with Gasteiger partial charge in [0.15, 0.2) is 0 Å². The number of aryl methyl sites for hydroxylation is 1. The molecule has 0 aliphatic rings. The molecule has 0 spiro atoms. The number of hydrogen-bond donors (Lipinski definition) is 0. The highest BCUT2D eigenvalue weighted by atomic mass is 127. The summed E-state index contributed by atoms with van der Waals surface area (Å²) in [7, 11) is 0. The highest BCUT2D eigenvalue weighted by Crippen LogP contribution is 2.19. The molecule has 0 bridgehead atoms. The van der Waals surface area contributed by atoms with E-state index >= 15 is 0 Å². The molecule has 2 nitrogen and oxygen atoms in total. The first-order valence-electron chi connectivity index (χ1n) is 3.48. The fraction of sp³-hybridized carbons (Fsp3) is 0.125. The zero-order valence-corrected chi connectivity index (χ0v) is 10.1. The second-order valence-corrected chi connectivity index (χ2v) is 4.50. The summed E-state index contributed by atoms with van der Waals surface area (Å²) in [5.74, 6) is 0. The van der Waals surface area contributed by atoms with E-state index in [9.17, 15) is 0 Å². The summed E-state index contributed by atoms with van der Waals surface area (Å²) in [4.78, 5) is 4.30. The van der Waals surface area contributed by atoms with Gasteiger partial charge in [0.2, 0.25) is 0 Å². The normalized spacial score (nSPS) is 10.9.